The number of aliphatic hydroxyl groups excluding tert-OH is 1. The second kappa shape index (κ2) is 5.01. The van der Waals surface area contributed by atoms with Crippen molar-refractivity contribution in [3.05, 3.63) is 0 Å². The summed E-state index contributed by atoms with van der Waals surface area (Å²) < 4.78 is 32.3. The first-order valence-corrected chi connectivity index (χ1v) is 5.58. The molecule has 0 unspecified atom stereocenters. The van der Waals surface area contributed by atoms with E-state index < -0.39 is 28.5 Å². The van der Waals surface area contributed by atoms with E-state index in [-0.39, 0.29) is 37.7 Å². The Morgan fingerprint density at radius 1 is 1.54 bits per heavy atom. The minimum Gasteiger partial charge on any atom is -0.789 e. The maximum atomic E-state index is 10.7. The molecule has 1 N–H and O–H groups in total. The Morgan fingerprint density at radius 2 is 2.00 bits per heavy atom. The van der Waals surface area contributed by atoms with Crippen LogP contribution in [-0.2, 0) is 22.5 Å². The van der Waals surface area contributed by atoms with E-state index in [1.807, 2.05) is 0 Å². The van der Waals surface area contributed by atoms with Gasteiger partial charge in [-0.1, -0.05) is 0 Å². The van der Waals surface area contributed by atoms with Crippen molar-refractivity contribution in [2.24, 2.45) is 0 Å². The fourth-order valence-corrected chi connectivity index (χ4v) is 2.54. The molecule has 11 heteroatoms. The molecule has 0 aromatic carbocycles. The molecular weight excluding hydrogens is 254 g/mol. The Morgan fingerprint density at radius 3 is 2.31 bits per heavy atom. The van der Waals surface area contributed by atoms with Crippen molar-refractivity contribution in [2.45, 2.75) is 6.29 Å². The Hall–Kier alpha value is 1.48. The zero-order valence-electron chi connectivity index (χ0n) is 6.19. The summed E-state index contributed by atoms with van der Waals surface area (Å²) in [6.45, 7) is -0.602. The van der Waals surface area contributed by atoms with Crippen molar-refractivity contribution < 1.29 is 37.4 Å². The summed E-state index contributed by atoms with van der Waals surface area (Å²) in [5.41, 5.74) is 0. The topological polar surface area (TPSA) is 128 Å². The zero-order valence-corrected chi connectivity index (χ0v) is 10.2. The minimum absolute atomic E-state index is 0. The van der Waals surface area contributed by atoms with Gasteiger partial charge in [0.1, 0.15) is 0 Å². The Labute approximate surface area is 103 Å². The van der Waals surface area contributed by atoms with Crippen molar-refractivity contribution in [3.8, 4) is 0 Å². The molecule has 1 saturated heterocycles. The van der Waals surface area contributed by atoms with E-state index in [1.54, 1.807) is 0 Å². The molecule has 0 bridgehead atoms. The second-order valence-corrected chi connectivity index (χ2v) is 4.66. The predicted molar refractivity (Wildman–Crippen MR) is 35.1 cm³/mol. The summed E-state index contributed by atoms with van der Waals surface area (Å²) >= 11 is 0. The van der Waals surface area contributed by atoms with Crippen LogP contribution in [0.3, 0.4) is 0 Å². The first-order valence-electron chi connectivity index (χ1n) is 2.66. The third kappa shape index (κ3) is 4.68. The molecule has 72 valence electrons. The quantitative estimate of drug-likeness (QED) is 0.451. The number of rotatable bonds is 3. The normalized spacial score (nSPS) is 33.3. The van der Waals surface area contributed by atoms with Crippen LogP contribution in [0.4, 0.5) is 0 Å². The summed E-state index contributed by atoms with van der Waals surface area (Å²) in [4.78, 5) is 19.8. The van der Waals surface area contributed by atoms with Gasteiger partial charge in [-0.15, -0.1) is 0 Å². The van der Waals surface area contributed by atoms with E-state index >= 15 is 0 Å². The van der Waals surface area contributed by atoms with Gasteiger partial charge in [0.2, 0.25) is 6.29 Å². The van der Waals surface area contributed by atoms with Crippen LogP contribution >= 0.6 is 15.6 Å². The van der Waals surface area contributed by atoms with Gasteiger partial charge < -0.3 is 19.5 Å². The molecule has 0 aliphatic carbocycles. The molecule has 13 heavy (non-hydrogen) atoms. The van der Waals surface area contributed by atoms with Gasteiger partial charge in [-0.05, 0) is 0 Å². The summed E-state index contributed by atoms with van der Waals surface area (Å²) in [5.74, 6) is 0. The van der Waals surface area contributed by atoms with Crippen LogP contribution in [-0.4, -0.2) is 55.7 Å². The molecule has 0 amide bonds. The van der Waals surface area contributed by atoms with Crippen molar-refractivity contribution in [2.75, 3.05) is 6.61 Å². The van der Waals surface area contributed by atoms with Gasteiger partial charge in [0.25, 0.3) is 0 Å². The summed E-state index contributed by atoms with van der Waals surface area (Å²) in [5, 5.41) is 8.26. The first-order chi connectivity index (χ1) is 5.35. The first kappa shape index (κ1) is 14.5. The van der Waals surface area contributed by atoms with E-state index in [0.717, 1.165) is 0 Å². The van der Waals surface area contributed by atoms with Crippen molar-refractivity contribution in [1.82, 2.24) is 0 Å². The van der Waals surface area contributed by atoms with E-state index in [0.29, 0.717) is 0 Å². The molecule has 1 heterocycles. The maximum Gasteiger partial charge on any atom is 2.00 e. The predicted octanol–water partition coefficient (Wildman–Crippen LogP) is -2.08. The van der Waals surface area contributed by atoms with Crippen LogP contribution in [0.15, 0.2) is 0 Å². The molecule has 1 rings (SSSR count). The van der Waals surface area contributed by atoms with Crippen LogP contribution in [0.25, 0.3) is 0 Å². The molecule has 1 fully saturated rings. The average molecular weight is 258 g/mol. The number of hydrogen-bond acceptors (Lipinski definition) is 8. The molecule has 1 aliphatic heterocycles. The molecule has 0 aromatic heterocycles. The molecule has 8 nitrogen and oxygen atoms in total. The van der Waals surface area contributed by atoms with Crippen molar-refractivity contribution in [3.63, 3.8) is 0 Å². The molecule has 1 aliphatic rings. The van der Waals surface area contributed by atoms with Crippen LogP contribution in [0, 0.1) is 0 Å². The minimum atomic E-state index is -5.38. The summed E-state index contributed by atoms with van der Waals surface area (Å²) in [6.07, 6.45) is -1.19. The fraction of sp³-hybridized carbons (Fsp3) is 1.00. The average Bonchev–Trinajstić information content (AvgIpc) is 1.78. The van der Waals surface area contributed by atoms with Crippen molar-refractivity contribution >= 4 is 53.4 Å². The second-order valence-electron chi connectivity index (χ2n) is 1.80. The standard InChI is InChI=1S/C2H6O8P2.Ca/c3-1-2-8-12(7,9-2)10-11(4,5)6;/h2-3H,1H2,(H2,4,5,6);/q;+2/p-2. The smallest absolute Gasteiger partial charge is 0.789 e. The number of phosphoric ester groups is 1. The van der Waals surface area contributed by atoms with Gasteiger partial charge in [0, 0.05) is 0 Å². The molecule has 0 spiro atoms. The SMILES string of the molecule is O=P([O-])([O-])OP1(=O)OC(CO)O1.[Ca+2]. The molecule has 0 saturated carbocycles. The summed E-state index contributed by atoms with van der Waals surface area (Å²) in [6, 6.07) is 0. The third-order valence-electron chi connectivity index (χ3n) is 0.842. The molecule has 0 radical (unpaired) electrons. The van der Waals surface area contributed by atoms with E-state index in [4.69, 9.17) is 5.11 Å². The van der Waals surface area contributed by atoms with Gasteiger partial charge in [0.05, 0.1) is 14.4 Å². The van der Waals surface area contributed by atoms with E-state index in [9.17, 15) is 18.9 Å². The molecule has 0 atom stereocenters. The number of hydrogen-bond donors (Lipinski definition) is 1. The molecular formula is C2H4CaO8P2. The Bertz CT molecular complexity index is 249. The van der Waals surface area contributed by atoms with Crippen LogP contribution in [0.2, 0.25) is 0 Å². The van der Waals surface area contributed by atoms with E-state index in [2.05, 4.69) is 13.4 Å². The zero-order chi connectivity index (χ0) is 9.41. The van der Waals surface area contributed by atoms with Gasteiger partial charge in [-0.3, -0.25) is 13.4 Å². The third-order valence-corrected chi connectivity index (χ3v) is 3.43. The van der Waals surface area contributed by atoms with E-state index in [1.165, 1.54) is 0 Å². The number of aliphatic hydroxyl groups is 1. The van der Waals surface area contributed by atoms with Crippen LogP contribution < -0.4 is 9.79 Å². The van der Waals surface area contributed by atoms with Crippen LogP contribution in [0.1, 0.15) is 0 Å². The monoisotopic (exact) mass is 258 g/mol. The number of phosphoric acid groups is 2. The Kier molecular flexibility index (Phi) is 5.58. The fourth-order valence-electron chi connectivity index (χ4n) is 0.524. The van der Waals surface area contributed by atoms with Gasteiger partial charge in [-0.25, -0.2) is 4.57 Å². The van der Waals surface area contributed by atoms with Crippen LogP contribution in [0.5, 0.6) is 0 Å². The van der Waals surface area contributed by atoms with Gasteiger partial charge in [0.15, 0.2) is 0 Å². The summed E-state index contributed by atoms with van der Waals surface area (Å²) in [7, 11) is -9.62. The Balaban J connectivity index is 0.00000144. The largest absolute Gasteiger partial charge is 2.00 e. The van der Waals surface area contributed by atoms with Crippen molar-refractivity contribution in [1.29, 1.82) is 0 Å². The maximum absolute atomic E-state index is 10.7. The molecule has 0 aromatic rings. The van der Waals surface area contributed by atoms with Gasteiger partial charge >= 0.3 is 45.6 Å². The van der Waals surface area contributed by atoms with Gasteiger partial charge in [-0.2, -0.15) is 0 Å².